The Morgan fingerprint density at radius 3 is 2.90 bits per heavy atom. The molecule has 1 amide bonds. The molecule has 0 saturated carbocycles. The van der Waals surface area contributed by atoms with Crippen molar-refractivity contribution in [1.82, 2.24) is 10.2 Å². The van der Waals surface area contributed by atoms with Crippen LogP contribution in [0.25, 0.3) is 0 Å². The maximum Gasteiger partial charge on any atom is 0.227 e. The summed E-state index contributed by atoms with van der Waals surface area (Å²) < 4.78 is 0. The van der Waals surface area contributed by atoms with Gasteiger partial charge in [0.05, 0.1) is 6.42 Å². The zero-order chi connectivity index (χ0) is 13.2. The second kappa shape index (κ2) is 6.79. The van der Waals surface area contributed by atoms with Gasteiger partial charge in [-0.1, -0.05) is 23.7 Å². The van der Waals surface area contributed by atoms with Crippen molar-refractivity contribution in [3.8, 4) is 0 Å². The molecule has 3 rings (SSSR count). The summed E-state index contributed by atoms with van der Waals surface area (Å²) in [7, 11) is 0. The van der Waals surface area contributed by atoms with Crippen LogP contribution in [0.4, 0.5) is 0 Å². The second-order valence-corrected chi connectivity index (χ2v) is 5.92. The highest BCUT2D eigenvalue weighted by Gasteiger charge is 2.37. The molecule has 1 N–H and O–H groups in total. The number of fused-ring (bicyclic) bond motifs is 2. The van der Waals surface area contributed by atoms with Crippen molar-refractivity contribution in [2.45, 2.75) is 37.8 Å². The smallest absolute Gasteiger partial charge is 0.227 e. The fraction of sp³-hybridized carbons (Fsp3) is 0.533. The highest BCUT2D eigenvalue weighted by atomic mass is 35.5. The van der Waals surface area contributed by atoms with Crippen molar-refractivity contribution in [1.29, 1.82) is 0 Å². The fourth-order valence-electron chi connectivity index (χ4n) is 3.30. The Kier molecular flexibility index (Phi) is 5.30. The molecular formula is C15H20Cl2N2O. The lowest BCUT2D eigenvalue weighted by Crippen LogP contribution is -2.43. The van der Waals surface area contributed by atoms with Gasteiger partial charge in [0.25, 0.3) is 0 Å². The number of rotatable bonds is 2. The summed E-state index contributed by atoms with van der Waals surface area (Å²) in [6.07, 6.45) is 3.85. The summed E-state index contributed by atoms with van der Waals surface area (Å²) >= 11 is 5.97. The van der Waals surface area contributed by atoms with Gasteiger partial charge in [-0.2, -0.15) is 0 Å². The van der Waals surface area contributed by atoms with E-state index in [1.54, 1.807) is 0 Å². The molecule has 2 aliphatic heterocycles. The lowest BCUT2D eigenvalue weighted by Gasteiger charge is -2.28. The van der Waals surface area contributed by atoms with E-state index in [1.807, 2.05) is 24.3 Å². The van der Waals surface area contributed by atoms with E-state index in [1.165, 1.54) is 0 Å². The Labute approximate surface area is 131 Å². The predicted octanol–water partition coefficient (Wildman–Crippen LogP) is 2.66. The molecule has 0 spiro atoms. The monoisotopic (exact) mass is 314 g/mol. The predicted molar refractivity (Wildman–Crippen MR) is 83.5 cm³/mol. The van der Waals surface area contributed by atoms with Gasteiger partial charge in [-0.3, -0.25) is 4.79 Å². The highest BCUT2D eigenvalue weighted by Crippen LogP contribution is 2.28. The van der Waals surface area contributed by atoms with Crippen molar-refractivity contribution in [2.75, 3.05) is 13.1 Å². The van der Waals surface area contributed by atoms with Gasteiger partial charge >= 0.3 is 0 Å². The molecule has 1 aromatic rings. The molecule has 0 radical (unpaired) electrons. The molecular weight excluding hydrogens is 295 g/mol. The topological polar surface area (TPSA) is 32.3 Å². The van der Waals surface area contributed by atoms with Gasteiger partial charge in [0.15, 0.2) is 0 Å². The number of nitrogens with one attached hydrogen (secondary N) is 1. The normalized spacial score (nSPS) is 24.9. The van der Waals surface area contributed by atoms with Crippen LogP contribution in [0, 0.1) is 0 Å². The third-order valence-electron chi connectivity index (χ3n) is 4.19. The molecule has 0 aliphatic carbocycles. The third kappa shape index (κ3) is 3.27. The van der Waals surface area contributed by atoms with E-state index in [4.69, 9.17) is 11.6 Å². The van der Waals surface area contributed by atoms with Crippen LogP contribution in [0.2, 0.25) is 5.02 Å². The number of benzene rings is 1. The van der Waals surface area contributed by atoms with Gasteiger partial charge in [-0.25, -0.2) is 0 Å². The number of hydrogen-bond donors (Lipinski definition) is 1. The average molecular weight is 315 g/mol. The molecule has 2 fully saturated rings. The van der Waals surface area contributed by atoms with Crippen LogP contribution < -0.4 is 5.32 Å². The number of hydrogen-bond acceptors (Lipinski definition) is 2. The number of amides is 1. The zero-order valence-electron chi connectivity index (χ0n) is 11.3. The summed E-state index contributed by atoms with van der Waals surface area (Å²) in [4.78, 5) is 14.7. The molecule has 2 heterocycles. The molecule has 2 saturated heterocycles. The minimum absolute atomic E-state index is 0. The number of nitrogens with zero attached hydrogens (tertiary/aromatic N) is 1. The molecule has 2 bridgehead atoms. The Balaban J connectivity index is 0.00000147. The quantitative estimate of drug-likeness (QED) is 0.910. The standard InChI is InChI=1S/C15H19ClN2O.ClH/c16-12-3-1-2-11(8-12)9-15(19)18-13-4-5-14(18)10-17-7-6-13;/h1-3,8,13-14,17H,4-7,9-10H2;1H. The molecule has 2 aliphatic rings. The van der Waals surface area contributed by atoms with Gasteiger partial charge in [-0.15, -0.1) is 12.4 Å². The minimum Gasteiger partial charge on any atom is -0.335 e. The van der Waals surface area contributed by atoms with Crippen LogP contribution in [0.3, 0.4) is 0 Å². The van der Waals surface area contributed by atoms with E-state index in [0.717, 1.165) is 37.9 Å². The van der Waals surface area contributed by atoms with Crippen molar-refractivity contribution < 1.29 is 4.79 Å². The summed E-state index contributed by atoms with van der Waals surface area (Å²) in [6, 6.07) is 8.43. The van der Waals surface area contributed by atoms with Crippen molar-refractivity contribution in [3.05, 3.63) is 34.9 Å². The molecule has 0 aromatic heterocycles. The molecule has 1 aromatic carbocycles. The molecule has 2 unspecified atom stereocenters. The van der Waals surface area contributed by atoms with Crippen LogP contribution in [-0.4, -0.2) is 36.0 Å². The van der Waals surface area contributed by atoms with E-state index in [2.05, 4.69) is 10.2 Å². The second-order valence-electron chi connectivity index (χ2n) is 5.49. The van der Waals surface area contributed by atoms with Gasteiger partial charge in [0.1, 0.15) is 0 Å². The fourth-order valence-corrected chi connectivity index (χ4v) is 3.52. The van der Waals surface area contributed by atoms with Crippen LogP contribution in [0.15, 0.2) is 24.3 Å². The molecule has 3 nitrogen and oxygen atoms in total. The van der Waals surface area contributed by atoms with E-state index in [0.29, 0.717) is 23.5 Å². The van der Waals surface area contributed by atoms with Crippen LogP contribution in [0.1, 0.15) is 24.8 Å². The largest absolute Gasteiger partial charge is 0.335 e. The van der Waals surface area contributed by atoms with Crippen LogP contribution in [0.5, 0.6) is 0 Å². The number of carbonyl (C=O) groups excluding carboxylic acids is 1. The maximum absolute atomic E-state index is 12.5. The van der Waals surface area contributed by atoms with E-state index in [-0.39, 0.29) is 18.3 Å². The summed E-state index contributed by atoms with van der Waals surface area (Å²) in [5, 5.41) is 4.12. The van der Waals surface area contributed by atoms with Crippen LogP contribution >= 0.6 is 24.0 Å². The van der Waals surface area contributed by atoms with E-state index < -0.39 is 0 Å². The Bertz CT molecular complexity index is 467. The lowest BCUT2D eigenvalue weighted by molar-refractivity contribution is -0.133. The first kappa shape index (κ1) is 15.6. The SMILES string of the molecule is Cl.O=C(Cc1cccc(Cl)c1)N1C2CCNCC1CC2. The van der Waals surface area contributed by atoms with Gasteiger partial charge < -0.3 is 10.2 Å². The Hall–Kier alpha value is -0.770. The minimum atomic E-state index is 0. The average Bonchev–Trinajstić information content (AvgIpc) is 2.63. The lowest BCUT2D eigenvalue weighted by atomic mass is 10.1. The van der Waals surface area contributed by atoms with Crippen molar-refractivity contribution in [2.24, 2.45) is 0 Å². The van der Waals surface area contributed by atoms with Crippen LogP contribution in [-0.2, 0) is 11.2 Å². The summed E-state index contributed by atoms with van der Waals surface area (Å²) in [5.74, 6) is 0.249. The van der Waals surface area contributed by atoms with Gasteiger partial charge in [0.2, 0.25) is 5.91 Å². The molecule has 2 atom stereocenters. The third-order valence-corrected chi connectivity index (χ3v) is 4.42. The van der Waals surface area contributed by atoms with Crippen molar-refractivity contribution >= 4 is 29.9 Å². The van der Waals surface area contributed by atoms with E-state index >= 15 is 0 Å². The Morgan fingerprint density at radius 1 is 1.30 bits per heavy atom. The molecule has 20 heavy (non-hydrogen) atoms. The molecule has 110 valence electrons. The Morgan fingerprint density at radius 2 is 2.10 bits per heavy atom. The summed E-state index contributed by atoms with van der Waals surface area (Å²) in [5.41, 5.74) is 1.01. The van der Waals surface area contributed by atoms with Crippen molar-refractivity contribution in [3.63, 3.8) is 0 Å². The maximum atomic E-state index is 12.5. The van der Waals surface area contributed by atoms with Gasteiger partial charge in [0, 0.05) is 23.7 Å². The first-order valence-corrected chi connectivity index (χ1v) is 7.38. The first-order valence-electron chi connectivity index (χ1n) is 7.00. The summed E-state index contributed by atoms with van der Waals surface area (Å²) in [6.45, 7) is 1.97. The molecule has 5 heteroatoms. The van der Waals surface area contributed by atoms with Gasteiger partial charge in [-0.05, 0) is 43.5 Å². The zero-order valence-corrected chi connectivity index (χ0v) is 12.9. The number of halogens is 2. The van der Waals surface area contributed by atoms with E-state index in [9.17, 15) is 4.79 Å². The first-order chi connectivity index (χ1) is 9.24. The number of carbonyl (C=O) groups is 1. The highest BCUT2D eigenvalue weighted by molar-refractivity contribution is 6.30.